The first-order valence-electron chi connectivity index (χ1n) is 6.14. The molecule has 0 amide bonds. The molecule has 3 N–H and O–H groups in total. The minimum absolute atomic E-state index is 0.0264. The van der Waals surface area contributed by atoms with Crippen LogP contribution in [-0.4, -0.2) is 18.1 Å². The number of anilines is 1. The number of hydrogen-bond donors (Lipinski definition) is 2. The zero-order valence-electron chi connectivity index (χ0n) is 10.5. The van der Waals surface area contributed by atoms with E-state index in [2.05, 4.69) is 10.3 Å². The van der Waals surface area contributed by atoms with Crippen LogP contribution in [-0.2, 0) is 5.67 Å². The van der Waals surface area contributed by atoms with Crippen LogP contribution >= 0.6 is 0 Å². The number of halogens is 1. The minimum Gasteiger partial charge on any atom is -0.383 e. The Bertz CT molecular complexity index is 377. The summed E-state index contributed by atoms with van der Waals surface area (Å²) in [5.41, 5.74) is 5.88. The summed E-state index contributed by atoms with van der Waals surface area (Å²) in [5.74, 6) is 0.294. The van der Waals surface area contributed by atoms with Gasteiger partial charge in [-0.25, -0.2) is 9.37 Å². The highest BCUT2D eigenvalue weighted by Crippen LogP contribution is 2.40. The van der Waals surface area contributed by atoms with Gasteiger partial charge in [-0.15, -0.1) is 0 Å². The SMILES string of the molecule is Cc1ccnc(N)c1C(C)(F)C1CCCNC1. The molecule has 0 aliphatic carbocycles. The molecule has 2 atom stereocenters. The van der Waals surface area contributed by atoms with Gasteiger partial charge < -0.3 is 11.1 Å². The van der Waals surface area contributed by atoms with Crippen molar-refractivity contribution in [2.75, 3.05) is 18.8 Å². The third kappa shape index (κ3) is 2.27. The van der Waals surface area contributed by atoms with Crippen LogP contribution in [0.5, 0.6) is 0 Å². The molecule has 0 saturated carbocycles. The number of nitrogen functional groups attached to an aromatic ring is 1. The summed E-state index contributed by atoms with van der Waals surface area (Å²) in [6, 6.07) is 1.82. The number of hydrogen-bond acceptors (Lipinski definition) is 3. The van der Waals surface area contributed by atoms with Gasteiger partial charge in [0.1, 0.15) is 11.5 Å². The molecule has 1 aliphatic heterocycles. The Labute approximate surface area is 102 Å². The molecule has 4 heteroatoms. The van der Waals surface area contributed by atoms with E-state index in [9.17, 15) is 0 Å². The van der Waals surface area contributed by atoms with Gasteiger partial charge in [0.2, 0.25) is 0 Å². The molecular weight excluding hydrogens is 217 g/mol. The van der Waals surface area contributed by atoms with Crippen molar-refractivity contribution in [2.45, 2.75) is 32.4 Å². The second-order valence-electron chi connectivity index (χ2n) is 5.01. The molecule has 2 unspecified atom stereocenters. The molecule has 0 radical (unpaired) electrons. The molecule has 2 rings (SSSR count). The van der Waals surface area contributed by atoms with Crippen LogP contribution in [0.3, 0.4) is 0 Å². The van der Waals surface area contributed by atoms with E-state index in [4.69, 9.17) is 5.73 Å². The van der Waals surface area contributed by atoms with Crippen molar-refractivity contribution in [3.8, 4) is 0 Å². The largest absolute Gasteiger partial charge is 0.383 e. The van der Waals surface area contributed by atoms with Crippen molar-refractivity contribution in [3.63, 3.8) is 0 Å². The minimum atomic E-state index is -1.41. The van der Waals surface area contributed by atoms with E-state index in [1.165, 1.54) is 0 Å². The molecule has 3 nitrogen and oxygen atoms in total. The summed E-state index contributed by atoms with van der Waals surface area (Å²) in [5, 5.41) is 3.25. The van der Waals surface area contributed by atoms with Gasteiger partial charge in [0.25, 0.3) is 0 Å². The third-order valence-corrected chi connectivity index (χ3v) is 3.74. The van der Waals surface area contributed by atoms with Crippen LogP contribution in [0.25, 0.3) is 0 Å². The molecule has 1 aromatic heterocycles. The van der Waals surface area contributed by atoms with Crippen molar-refractivity contribution >= 4 is 5.82 Å². The first kappa shape index (κ1) is 12.3. The smallest absolute Gasteiger partial charge is 0.141 e. The summed E-state index contributed by atoms with van der Waals surface area (Å²) in [6.45, 7) is 5.21. The van der Waals surface area contributed by atoms with Crippen molar-refractivity contribution in [2.24, 2.45) is 5.92 Å². The van der Waals surface area contributed by atoms with Crippen LogP contribution in [0.2, 0.25) is 0 Å². The van der Waals surface area contributed by atoms with Crippen LogP contribution in [0.1, 0.15) is 30.9 Å². The number of nitrogens with zero attached hydrogens (tertiary/aromatic N) is 1. The third-order valence-electron chi connectivity index (χ3n) is 3.74. The standard InChI is InChI=1S/C13H20FN3/c1-9-5-7-17-12(15)11(9)13(2,14)10-4-3-6-16-8-10/h5,7,10,16H,3-4,6,8H2,1-2H3,(H2,15,17). The maximum Gasteiger partial charge on any atom is 0.141 e. The molecule has 1 aromatic rings. The maximum absolute atomic E-state index is 15.1. The molecule has 0 bridgehead atoms. The Morgan fingerprint density at radius 1 is 1.59 bits per heavy atom. The first-order valence-corrected chi connectivity index (χ1v) is 6.14. The average Bonchev–Trinajstić information content (AvgIpc) is 2.29. The summed E-state index contributed by atoms with van der Waals surface area (Å²) in [4.78, 5) is 4.02. The summed E-state index contributed by atoms with van der Waals surface area (Å²) >= 11 is 0. The summed E-state index contributed by atoms with van der Waals surface area (Å²) < 4.78 is 15.1. The number of nitrogens with two attached hydrogens (primary N) is 1. The van der Waals surface area contributed by atoms with Crippen LogP contribution < -0.4 is 11.1 Å². The topological polar surface area (TPSA) is 50.9 Å². The van der Waals surface area contributed by atoms with E-state index in [0.29, 0.717) is 17.9 Å². The Morgan fingerprint density at radius 2 is 2.35 bits per heavy atom. The monoisotopic (exact) mass is 237 g/mol. The zero-order valence-corrected chi connectivity index (χ0v) is 10.5. The Hall–Kier alpha value is -1.16. The Kier molecular flexibility index (Phi) is 3.33. The molecule has 0 spiro atoms. The molecule has 1 saturated heterocycles. The number of pyridine rings is 1. The van der Waals surface area contributed by atoms with E-state index in [1.54, 1.807) is 13.1 Å². The van der Waals surface area contributed by atoms with E-state index >= 15 is 4.39 Å². The Morgan fingerprint density at radius 3 is 2.94 bits per heavy atom. The van der Waals surface area contributed by atoms with Gasteiger partial charge in [0.05, 0.1) is 0 Å². The Balaban J connectivity index is 2.36. The second kappa shape index (κ2) is 4.61. The fourth-order valence-electron chi connectivity index (χ4n) is 2.73. The molecule has 1 aliphatic rings. The molecular formula is C13H20FN3. The number of rotatable bonds is 2. The van der Waals surface area contributed by atoms with Gasteiger partial charge in [-0.05, 0) is 44.9 Å². The molecule has 2 heterocycles. The summed E-state index contributed by atoms with van der Waals surface area (Å²) in [6.07, 6.45) is 3.54. The van der Waals surface area contributed by atoms with Crippen molar-refractivity contribution in [1.82, 2.24) is 10.3 Å². The quantitative estimate of drug-likeness (QED) is 0.828. The van der Waals surface area contributed by atoms with E-state index in [1.807, 2.05) is 13.0 Å². The lowest BCUT2D eigenvalue weighted by Crippen LogP contribution is -2.40. The van der Waals surface area contributed by atoms with Gasteiger partial charge in [-0.2, -0.15) is 0 Å². The molecule has 0 aromatic carbocycles. The molecule has 17 heavy (non-hydrogen) atoms. The van der Waals surface area contributed by atoms with E-state index in [-0.39, 0.29) is 5.92 Å². The zero-order chi connectivity index (χ0) is 12.5. The van der Waals surface area contributed by atoms with Crippen molar-refractivity contribution < 1.29 is 4.39 Å². The average molecular weight is 237 g/mol. The number of piperidine rings is 1. The second-order valence-corrected chi connectivity index (χ2v) is 5.01. The number of aromatic nitrogens is 1. The lowest BCUT2D eigenvalue weighted by molar-refractivity contribution is 0.0810. The molecule has 94 valence electrons. The first-order chi connectivity index (χ1) is 8.03. The lowest BCUT2D eigenvalue weighted by Gasteiger charge is -2.35. The van der Waals surface area contributed by atoms with Crippen LogP contribution in [0.4, 0.5) is 10.2 Å². The van der Waals surface area contributed by atoms with Gasteiger partial charge in [-0.1, -0.05) is 0 Å². The predicted molar refractivity (Wildman–Crippen MR) is 67.4 cm³/mol. The van der Waals surface area contributed by atoms with Crippen LogP contribution in [0, 0.1) is 12.8 Å². The van der Waals surface area contributed by atoms with Gasteiger partial charge in [-0.3, -0.25) is 0 Å². The van der Waals surface area contributed by atoms with Crippen LogP contribution in [0.15, 0.2) is 12.3 Å². The number of aryl methyl sites for hydroxylation is 1. The highest BCUT2D eigenvalue weighted by Gasteiger charge is 2.39. The predicted octanol–water partition coefficient (Wildman–Crippen LogP) is 2.16. The van der Waals surface area contributed by atoms with Gasteiger partial charge >= 0.3 is 0 Å². The van der Waals surface area contributed by atoms with E-state index in [0.717, 1.165) is 24.9 Å². The highest BCUT2D eigenvalue weighted by molar-refractivity contribution is 5.48. The van der Waals surface area contributed by atoms with Gasteiger partial charge in [0.15, 0.2) is 0 Å². The highest BCUT2D eigenvalue weighted by atomic mass is 19.1. The number of nitrogens with one attached hydrogen (secondary N) is 1. The normalized spacial score (nSPS) is 24.3. The molecule has 1 fully saturated rings. The maximum atomic E-state index is 15.1. The fraction of sp³-hybridized carbons (Fsp3) is 0.615. The van der Waals surface area contributed by atoms with Crippen molar-refractivity contribution in [1.29, 1.82) is 0 Å². The summed E-state index contributed by atoms with van der Waals surface area (Å²) in [7, 11) is 0. The van der Waals surface area contributed by atoms with Gasteiger partial charge in [0, 0.05) is 24.2 Å². The van der Waals surface area contributed by atoms with Crippen molar-refractivity contribution in [3.05, 3.63) is 23.4 Å². The number of alkyl halides is 1. The fourth-order valence-corrected chi connectivity index (χ4v) is 2.73. The van der Waals surface area contributed by atoms with E-state index < -0.39 is 5.67 Å². The lowest BCUT2D eigenvalue weighted by atomic mass is 9.79.